The van der Waals surface area contributed by atoms with E-state index in [-0.39, 0.29) is 37.2 Å². The summed E-state index contributed by atoms with van der Waals surface area (Å²) in [6.45, 7) is 14.2. The molecule has 5 heteroatoms. The molecule has 0 N–H and O–H groups in total. The van der Waals surface area contributed by atoms with Gasteiger partial charge in [0.15, 0.2) is 0 Å². The largest absolute Gasteiger partial charge is 1.00 e. The summed E-state index contributed by atoms with van der Waals surface area (Å²) in [6.07, 6.45) is 6.35. The summed E-state index contributed by atoms with van der Waals surface area (Å²) in [5, 5.41) is 3.42. The van der Waals surface area contributed by atoms with Crippen LogP contribution in [0.5, 0.6) is 0 Å². The number of hydrogen-bond donors (Lipinski definition) is 0. The van der Waals surface area contributed by atoms with Gasteiger partial charge in [-0.15, -0.1) is 0 Å². The van der Waals surface area contributed by atoms with Crippen LogP contribution in [0.3, 0.4) is 0 Å². The molecule has 1 aromatic carbocycles. The molecular formula is C20H29Cl3SiTi. The minimum Gasteiger partial charge on any atom is -1.00 e. The van der Waals surface area contributed by atoms with Gasteiger partial charge in [0.2, 0.25) is 0 Å². The zero-order valence-electron chi connectivity index (χ0n) is 16.2. The second-order valence-corrected chi connectivity index (χ2v) is 12.3. The van der Waals surface area contributed by atoms with Crippen LogP contribution in [0.15, 0.2) is 32.9 Å². The van der Waals surface area contributed by atoms with Crippen LogP contribution in [0.1, 0.15) is 49.8 Å². The van der Waals surface area contributed by atoms with Gasteiger partial charge in [-0.1, -0.05) is 0 Å². The molecule has 2 rings (SSSR count). The van der Waals surface area contributed by atoms with Gasteiger partial charge in [0.1, 0.15) is 0 Å². The summed E-state index contributed by atoms with van der Waals surface area (Å²) in [5.74, 6) is 0. The molecule has 1 aromatic rings. The molecule has 138 valence electrons. The van der Waals surface area contributed by atoms with Crippen LogP contribution < -0.4 is 42.4 Å². The average molecular weight is 452 g/mol. The molecule has 0 heterocycles. The van der Waals surface area contributed by atoms with Crippen LogP contribution >= 0.6 is 0 Å². The van der Waals surface area contributed by atoms with Gasteiger partial charge in [0, 0.05) is 0 Å². The first-order valence-corrected chi connectivity index (χ1v) is 12.0. The first-order valence-electron chi connectivity index (χ1n) is 8.52. The Morgan fingerprint density at radius 2 is 1.52 bits per heavy atom. The molecule has 0 nitrogen and oxygen atoms in total. The van der Waals surface area contributed by atoms with E-state index in [1.807, 2.05) is 0 Å². The van der Waals surface area contributed by atoms with Crippen molar-refractivity contribution in [2.75, 3.05) is 0 Å². The molecule has 0 saturated carbocycles. The number of allylic oxidation sites excluding steroid dienone is 4. The molecule has 0 aliphatic heterocycles. The van der Waals surface area contributed by atoms with Gasteiger partial charge in [0.25, 0.3) is 0 Å². The van der Waals surface area contributed by atoms with Gasteiger partial charge in [-0.25, -0.2) is 0 Å². The van der Waals surface area contributed by atoms with Crippen LogP contribution in [0.2, 0.25) is 12.6 Å². The van der Waals surface area contributed by atoms with E-state index in [1.54, 1.807) is 19.8 Å². The number of hydrogen-bond acceptors (Lipinski definition) is 0. The number of unbranched alkanes of at least 4 members (excludes halogenated alkanes) is 1. The Kier molecular flexibility index (Phi) is 12.6. The van der Waals surface area contributed by atoms with Gasteiger partial charge in [-0.3, -0.25) is 0 Å². The van der Waals surface area contributed by atoms with Crippen molar-refractivity contribution in [1.29, 1.82) is 0 Å². The zero-order valence-corrected chi connectivity index (χ0v) is 21.0. The Bertz CT molecular complexity index is 629. The molecule has 0 radical (unpaired) electrons. The molecular weight excluding hydrogens is 423 g/mol. The first kappa shape index (κ1) is 27.7. The van der Waals surface area contributed by atoms with Crippen LogP contribution in [0, 0.1) is 20.8 Å². The summed E-state index contributed by atoms with van der Waals surface area (Å²) >= 11 is 2.31. The molecule has 0 fully saturated rings. The van der Waals surface area contributed by atoms with E-state index < -0.39 is 8.07 Å². The van der Waals surface area contributed by atoms with E-state index in [0.29, 0.717) is 0 Å². The van der Waals surface area contributed by atoms with Crippen LogP contribution in [-0.4, -0.2) is 8.07 Å². The molecule has 0 spiro atoms. The van der Waals surface area contributed by atoms with Crippen molar-refractivity contribution in [3.8, 4) is 0 Å². The van der Waals surface area contributed by atoms with Gasteiger partial charge < -0.3 is 37.2 Å². The van der Waals surface area contributed by atoms with Crippen molar-refractivity contribution in [1.82, 2.24) is 0 Å². The molecule has 0 amide bonds. The number of aryl methyl sites for hydroxylation is 3. The van der Waals surface area contributed by atoms with E-state index in [1.165, 1.54) is 42.0 Å². The predicted octanol–water partition coefficient (Wildman–Crippen LogP) is -3.60. The maximum atomic E-state index is 2.61. The van der Waals surface area contributed by atoms with Crippen molar-refractivity contribution in [2.24, 2.45) is 0 Å². The quantitative estimate of drug-likeness (QED) is 0.406. The summed E-state index contributed by atoms with van der Waals surface area (Å²) < 4.78 is 1.58. The topological polar surface area (TPSA) is 0 Å². The molecule has 1 aliphatic carbocycles. The molecule has 25 heavy (non-hydrogen) atoms. The standard InChI is InChI=1S/C20H29Si.3ClH.Ti/c1-7-8-12-21(6,19-11-9-10-16(19)3)20-17(4)13-15(2)14-18(20)5;;;;/h11,13-14H,7-9,12H2,1-6H3;3*1H;/q;;;;+3/p-3. The second-order valence-electron chi connectivity index (χ2n) is 7.13. The van der Waals surface area contributed by atoms with E-state index in [4.69, 9.17) is 0 Å². The number of benzene rings is 1. The average Bonchev–Trinajstić information content (AvgIpc) is 2.76. The smallest absolute Gasteiger partial charge is 1.00 e. The van der Waals surface area contributed by atoms with Crippen molar-refractivity contribution in [2.45, 2.75) is 66.5 Å². The van der Waals surface area contributed by atoms with Crippen LogP contribution in [-0.2, 0) is 20.4 Å². The molecule has 0 saturated heterocycles. The van der Waals surface area contributed by atoms with E-state index in [2.05, 4.69) is 79.8 Å². The fourth-order valence-electron chi connectivity index (χ4n) is 4.29. The summed E-state index contributed by atoms with van der Waals surface area (Å²) in [7, 11) is -1.63. The Morgan fingerprint density at radius 1 is 1.00 bits per heavy atom. The van der Waals surface area contributed by atoms with Gasteiger partial charge in [-0.05, 0) is 0 Å². The van der Waals surface area contributed by atoms with Gasteiger partial charge in [-0.2, -0.15) is 0 Å². The Labute approximate surface area is 186 Å². The van der Waals surface area contributed by atoms with Crippen molar-refractivity contribution in [3.63, 3.8) is 0 Å². The second kappa shape index (κ2) is 11.4. The monoisotopic (exact) mass is 450 g/mol. The zero-order chi connectivity index (χ0) is 16.5. The minimum absolute atomic E-state index is 0. The van der Waals surface area contributed by atoms with E-state index in [9.17, 15) is 0 Å². The third-order valence-electron chi connectivity index (χ3n) is 5.22. The molecule has 0 aromatic heterocycles. The third kappa shape index (κ3) is 5.74. The van der Waals surface area contributed by atoms with Crippen molar-refractivity contribution >= 4 is 13.3 Å². The Hall–Kier alpha value is 0.501. The fraction of sp³-hybridized carbons (Fsp3) is 0.500. The summed E-state index contributed by atoms with van der Waals surface area (Å²) in [5.41, 5.74) is 6.01. The third-order valence-corrected chi connectivity index (χ3v) is 11.1. The molecule has 1 aliphatic rings. The summed E-state index contributed by atoms with van der Waals surface area (Å²) in [4.78, 5) is 0. The number of rotatable bonds is 5. The number of halogens is 3. The molecule has 1 unspecified atom stereocenters. The maximum Gasteiger partial charge on any atom is -1.00 e. The normalized spacial score (nSPS) is 15.6. The van der Waals surface area contributed by atoms with Crippen molar-refractivity contribution in [3.05, 3.63) is 49.5 Å². The SMILES string of the molecule is CCCC[Si](C)(C1=CC[C]([Ti+3])=C1C)c1c(C)cc(C)cc1C.[Cl-].[Cl-].[Cl-]. The maximum absolute atomic E-state index is 2.61. The molecule has 0 bridgehead atoms. The van der Waals surface area contributed by atoms with Gasteiger partial charge in [0.05, 0.1) is 0 Å². The summed E-state index contributed by atoms with van der Waals surface area (Å²) in [6, 6.07) is 6.16. The Balaban J connectivity index is 0. The Morgan fingerprint density at radius 3 is 1.92 bits per heavy atom. The van der Waals surface area contributed by atoms with E-state index in [0.717, 1.165) is 0 Å². The predicted molar refractivity (Wildman–Crippen MR) is 97.0 cm³/mol. The minimum atomic E-state index is -1.63. The fourth-order valence-corrected chi connectivity index (χ4v) is 10.1. The van der Waals surface area contributed by atoms with Crippen molar-refractivity contribution < 1.29 is 57.7 Å². The van der Waals surface area contributed by atoms with Crippen LogP contribution in [0.4, 0.5) is 0 Å². The molecule has 1 atom stereocenters. The van der Waals surface area contributed by atoms with Gasteiger partial charge >= 0.3 is 150 Å². The van der Waals surface area contributed by atoms with Crippen LogP contribution in [0.25, 0.3) is 0 Å². The first-order chi connectivity index (χ1) is 10.3. The van der Waals surface area contributed by atoms with E-state index >= 15 is 0 Å².